The van der Waals surface area contributed by atoms with Gasteiger partial charge in [-0.3, -0.25) is 4.90 Å². The molecule has 0 spiro atoms. The van der Waals surface area contributed by atoms with Crippen LogP contribution in [-0.4, -0.2) is 55.6 Å². The molecule has 1 aromatic carbocycles. The summed E-state index contributed by atoms with van der Waals surface area (Å²) >= 11 is 0. The van der Waals surface area contributed by atoms with E-state index < -0.39 is 6.10 Å². The van der Waals surface area contributed by atoms with Gasteiger partial charge in [0.15, 0.2) is 0 Å². The van der Waals surface area contributed by atoms with Crippen LogP contribution in [0.4, 0.5) is 4.39 Å². The number of rotatable bonds is 8. The fourth-order valence-electron chi connectivity index (χ4n) is 2.49. The molecule has 1 saturated heterocycles. The highest BCUT2D eigenvalue weighted by molar-refractivity contribution is 5.15. The highest BCUT2D eigenvalue weighted by Crippen LogP contribution is 2.12. The summed E-state index contributed by atoms with van der Waals surface area (Å²) in [7, 11) is 1.92. The van der Waals surface area contributed by atoms with Crippen molar-refractivity contribution in [3.8, 4) is 0 Å². The van der Waals surface area contributed by atoms with E-state index in [1.807, 2.05) is 11.9 Å². The summed E-state index contributed by atoms with van der Waals surface area (Å²) in [6.07, 6.45) is 1.79. The van der Waals surface area contributed by atoms with Crippen LogP contribution in [0.2, 0.25) is 0 Å². The molecule has 1 aliphatic heterocycles. The number of likely N-dealkylation sites (N-methyl/N-ethyl adjacent to an activating group) is 1. The molecule has 0 aromatic heterocycles. The highest BCUT2D eigenvalue weighted by atomic mass is 19.1. The fraction of sp³-hybridized carbons (Fsp3) is 0.625. The highest BCUT2D eigenvalue weighted by Gasteiger charge is 2.16. The molecule has 2 atom stereocenters. The number of ether oxygens (including phenoxy) is 2. The predicted octanol–water partition coefficient (Wildman–Crippen LogP) is 1.81. The number of nitrogens with zero attached hydrogens (tertiary/aromatic N) is 1. The summed E-state index contributed by atoms with van der Waals surface area (Å²) in [6, 6.07) is 6.41. The van der Waals surface area contributed by atoms with Crippen LogP contribution in [-0.2, 0) is 16.0 Å². The largest absolute Gasteiger partial charge is 0.389 e. The molecule has 21 heavy (non-hydrogen) atoms. The lowest BCUT2D eigenvalue weighted by Gasteiger charge is -2.21. The van der Waals surface area contributed by atoms with Gasteiger partial charge in [-0.2, -0.15) is 0 Å². The van der Waals surface area contributed by atoms with E-state index in [0.717, 1.165) is 25.0 Å². The van der Waals surface area contributed by atoms with Crippen LogP contribution < -0.4 is 0 Å². The molecule has 4 nitrogen and oxygen atoms in total. The number of aliphatic hydroxyl groups is 1. The fourth-order valence-corrected chi connectivity index (χ4v) is 2.49. The molecular weight excluding hydrogens is 273 g/mol. The molecule has 118 valence electrons. The summed E-state index contributed by atoms with van der Waals surface area (Å²) in [6.45, 7) is 2.87. The lowest BCUT2D eigenvalue weighted by atomic mass is 10.2. The first-order chi connectivity index (χ1) is 10.1. The molecule has 2 rings (SSSR count). The zero-order valence-corrected chi connectivity index (χ0v) is 12.5. The van der Waals surface area contributed by atoms with Crippen molar-refractivity contribution in [2.75, 3.05) is 33.4 Å². The Hall–Kier alpha value is -1.01. The van der Waals surface area contributed by atoms with E-state index >= 15 is 0 Å². The van der Waals surface area contributed by atoms with Crippen LogP contribution in [0.5, 0.6) is 0 Å². The van der Waals surface area contributed by atoms with Crippen LogP contribution in [0.1, 0.15) is 18.4 Å². The minimum absolute atomic E-state index is 0.189. The second-order valence-corrected chi connectivity index (χ2v) is 5.65. The molecule has 0 amide bonds. The molecule has 1 N–H and O–H groups in total. The molecular formula is C16H24FNO3. The third-order valence-electron chi connectivity index (χ3n) is 3.53. The first-order valence-electron chi connectivity index (χ1n) is 7.44. The molecule has 0 bridgehead atoms. The van der Waals surface area contributed by atoms with Crippen molar-refractivity contribution < 1.29 is 19.0 Å². The van der Waals surface area contributed by atoms with E-state index in [1.54, 1.807) is 12.1 Å². The Kier molecular flexibility index (Phi) is 6.57. The molecule has 0 aliphatic carbocycles. The van der Waals surface area contributed by atoms with Crippen LogP contribution in [0.3, 0.4) is 0 Å². The summed E-state index contributed by atoms with van der Waals surface area (Å²) in [4.78, 5) is 1.99. The van der Waals surface area contributed by atoms with Crippen molar-refractivity contribution in [2.45, 2.75) is 31.6 Å². The Labute approximate surface area is 125 Å². The lowest BCUT2D eigenvalue weighted by molar-refractivity contribution is -0.0238. The van der Waals surface area contributed by atoms with Gasteiger partial charge >= 0.3 is 0 Å². The summed E-state index contributed by atoms with van der Waals surface area (Å²) < 4.78 is 23.8. The maximum atomic E-state index is 12.8. The van der Waals surface area contributed by atoms with Gasteiger partial charge in [-0.05, 0) is 37.6 Å². The Morgan fingerprint density at radius 3 is 2.86 bits per heavy atom. The van der Waals surface area contributed by atoms with E-state index in [1.165, 1.54) is 12.1 Å². The normalized spacial score (nSPS) is 20.1. The topological polar surface area (TPSA) is 41.9 Å². The van der Waals surface area contributed by atoms with Crippen LogP contribution >= 0.6 is 0 Å². The second-order valence-electron chi connectivity index (χ2n) is 5.65. The molecule has 5 heteroatoms. The van der Waals surface area contributed by atoms with Crippen LogP contribution in [0, 0.1) is 5.82 Å². The van der Waals surface area contributed by atoms with E-state index in [-0.39, 0.29) is 11.9 Å². The smallest absolute Gasteiger partial charge is 0.123 e. The van der Waals surface area contributed by atoms with Gasteiger partial charge in [0.05, 0.1) is 25.4 Å². The van der Waals surface area contributed by atoms with Crippen molar-refractivity contribution in [2.24, 2.45) is 0 Å². The lowest BCUT2D eigenvalue weighted by Crippen LogP contribution is -2.32. The van der Waals surface area contributed by atoms with Crippen molar-refractivity contribution >= 4 is 0 Å². The van der Waals surface area contributed by atoms with Gasteiger partial charge in [-0.1, -0.05) is 12.1 Å². The zero-order valence-electron chi connectivity index (χ0n) is 12.5. The summed E-state index contributed by atoms with van der Waals surface area (Å²) in [5.41, 5.74) is 1.02. The summed E-state index contributed by atoms with van der Waals surface area (Å²) in [5, 5.41) is 9.95. The van der Waals surface area contributed by atoms with E-state index in [9.17, 15) is 9.50 Å². The molecule has 2 unspecified atom stereocenters. The van der Waals surface area contributed by atoms with Gasteiger partial charge in [0, 0.05) is 19.7 Å². The Balaban J connectivity index is 1.62. The average molecular weight is 297 g/mol. The van der Waals surface area contributed by atoms with Crippen molar-refractivity contribution in [1.82, 2.24) is 4.90 Å². The minimum Gasteiger partial charge on any atom is -0.389 e. The average Bonchev–Trinajstić information content (AvgIpc) is 2.94. The van der Waals surface area contributed by atoms with Crippen molar-refractivity contribution in [3.63, 3.8) is 0 Å². The van der Waals surface area contributed by atoms with Gasteiger partial charge < -0.3 is 14.6 Å². The molecule has 0 radical (unpaired) electrons. The minimum atomic E-state index is -0.531. The summed E-state index contributed by atoms with van der Waals surface area (Å²) in [5.74, 6) is -0.232. The van der Waals surface area contributed by atoms with E-state index in [4.69, 9.17) is 9.47 Å². The number of benzene rings is 1. The third kappa shape index (κ3) is 6.09. The molecule has 1 aliphatic rings. The second kappa shape index (κ2) is 8.44. The zero-order chi connectivity index (χ0) is 15.1. The molecule has 1 aromatic rings. The van der Waals surface area contributed by atoms with Crippen molar-refractivity contribution in [1.29, 1.82) is 0 Å². The van der Waals surface area contributed by atoms with Gasteiger partial charge in [-0.25, -0.2) is 4.39 Å². The predicted molar refractivity (Wildman–Crippen MR) is 78.5 cm³/mol. The number of hydrogen-bond donors (Lipinski definition) is 1. The van der Waals surface area contributed by atoms with E-state index in [0.29, 0.717) is 26.3 Å². The first kappa shape index (κ1) is 16.4. The quantitative estimate of drug-likeness (QED) is 0.795. The Morgan fingerprint density at radius 1 is 1.43 bits per heavy atom. The molecule has 0 saturated carbocycles. The first-order valence-corrected chi connectivity index (χ1v) is 7.44. The van der Waals surface area contributed by atoms with Gasteiger partial charge in [0.2, 0.25) is 0 Å². The van der Waals surface area contributed by atoms with Crippen molar-refractivity contribution in [3.05, 3.63) is 35.6 Å². The third-order valence-corrected chi connectivity index (χ3v) is 3.53. The SMILES string of the molecule is CN(Cc1ccc(F)cc1)CC(O)COCC1CCCO1. The van der Waals surface area contributed by atoms with Crippen LogP contribution in [0.15, 0.2) is 24.3 Å². The van der Waals surface area contributed by atoms with Gasteiger partial charge in [0.1, 0.15) is 5.82 Å². The standard InChI is InChI=1S/C16H24FNO3/c1-18(9-13-4-6-14(17)7-5-13)10-15(19)11-20-12-16-3-2-8-21-16/h4-7,15-16,19H,2-3,8-12H2,1H3. The number of hydrogen-bond acceptors (Lipinski definition) is 4. The Morgan fingerprint density at radius 2 is 2.19 bits per heavy atom. The Bertz CT molecular complexity index is 406. The molecule has 1 heterocycles. The molecule has 1 fully saturated rings. The van der Waals surface area contributed by atoms with Gasteiger partial charge in [-0.15, -0.1) is 0 Å². The maximum Gasteiger partial charge on any atom is 0.123 e. The monoisotopic (exact) mass is 297 g/mol. The van der Waals surface area contributed by atoms with Crippen LogP contribution in [0.25, 0.3) is 0 Å². The number of halogens is 1. The maximum absolute atomic E-state index is 12.8. The van der Waals surface area contributed by atoms with Gasteiger partial charge in [0.25, 0.3) is 0 Å². The van der Waals surface area contributed by atoms with E-state index in [2.05, 4.69) is 0 Å². The number of aliphatic hydroxyl groups excluding tert-OH is 1.